The molecule has 1 N–H and O–H groups in total. The van der Waals surface area contributed by atoms with Gasteiger partial charge in [0, 0.05) is 43.9 Å². The topological polar surface area (TPSA) is 78.7 Å². The van der Waals surface area contributed by atoms with Gasteiger partial charge in [-0.3, -0.25) is 14.9 Å². The molecule has 0 unspecified atom stereocenters. The quantitative estimate of drug-likeness (QED) is 0.618. The number of nitrogens with zero attached hydrogens (tertiary/aromatic N) is 3. The van der Waals surface area contributed by atoms with E-state index in [9.17, 15) is 28.1 Å². The van der Waals surface area contributed by atoms with Crippen molar-refractivity contribution < 1.29 is 22.9 Å². The lowest BCUT2D eigenvalue weighted by Gasteiger charge is -2.35. The maximum atomic E-state index is 13.2. The fraction of sp³-hybridized carbons (Fsp3) is 0.316. The molecule has 1 aliphatic heterocycles. The number of non-ortho nitro benzene ring substituents is 1. The smallest absolute Gasteiger partial charge is 0.367 e. The summed E-state index contributed by atoms with van der Waals surface area (Å²) in [5, 5.41) is 13.4. The van der Waals surface area contributed by atoms with Gasteiger partial charge in [0.15, 0.2) is 0 Å². The van der Waals surface area contributed by atoms with Gasteiger partial charge in [0.2, 0.25) is 0 Å². The molecule has 3 rings (SSSR count). The van der Waals surface area contributed by atoms with Crippen LogP contribution < -0.4 is 10.2 Å². The van der Waals surface area contributed by atoms with Crippen molar-refractivity contribution in [2.24, 2.45) is 0 Å². The fourth-order valence-electron chi connectivity index (χ4n) is 3.09. The first-order chi connectivity index (χ1) is 13.6. The Morgan fingerprint density at radius 3 is 2.41 bits per heavy atom. The van der Waals surface area contributed by atoms with Crippen LogP contribution >= 0.6 is 0 Å². The lowest BCUT2D eigenvalue weighted by atomic mass is 10.1. The maximum absolute atomic E-state index is 13.2. The van der Waals surface area contributed by atoms with Gasteiger partial charge in [0.05, 0.1) is 21.9 Å². The van der Waals surface area contributed by atoms with Crippen LogP contribution in [0.15, 0.2) is 42.5 Å². The molecule has 0 atom stereocenters. The summed E-state index contributed by atoms with van der Waals surface area (Å²) < 4.78 is 39.6. The van der Waals surface area contributed by atoms with Crippen molar-refractivity contribution in [2.45, 2.75) is 6.18 Å². The first kappa shape index (κ1) is 20.6. The number of hydrogen-bond donors (Lipinski definition) is 1. The second-order valence-electron chi connectivity index (χ2n) is 6.78. The number of benzene rings is 2. The minimum absolute atomic E-state index is 0.0130. The lowest BCUT2D eigenvalue weighted by molar-refractivity contribution is -0.384. The zero-order chi connectivity index (χ0) is 21.2. The SMILES string of the molecule is CN1CCN(c2ccc(C(F)(F)F)cc2NC(=O)c2cccc([N+](=O)[O-])c2)CC1. The van der Waals surface area contributed by atoms with Crippen molar-refractivity contribution in [3.05, 3.63) is 63.7 Å². The second kappa shape index (κ2) is 8.08. The van der Waals surface area contributed by atoms with Crippen LogP contribution in [-0.2, 0) is 6.18 Å². The molecule has 0 saturated carbocycles. The van der Waals surface area contributed by atoms with Gasteiger partial charge in [0.1, 0.15) is 0 Å². The molecule has 1 aliphatic rings. The maximum Gasteiger partial charge on any atom is 0.416 e. The van der Waals surface area contributed by atoms with Gasteiger partial charge in [-0.15, -0.1) is 0 Å². The van der Waals surface area contributed by atoms with Gasteiger partial charge >= 0.3 is 6.18 Å². The average molecular weight is 408 g/mol. The van der Waals surface area contributed by atoms with Crippen LogP contribution in [0.1, 0.15) is 15.9 Å². The van der Waals surface area contributed by atoms with Crippen molar-refractivity contribution in [3.63, 3.8) is 0 Å². The summed E-state index contributed by atoms with van der Waals surface area (Å²) in [4.78, 5) is 26.9. The first-order valence-corrected chi connectivity index (χ1v) is 8.85. The average Bonchev–Trinajstić information content (AvgIpc) is 2.68. The van der Waals surface area contributed by atoms with E-state index in [4.69, 9.17) is 0 Å². The molecule has 0 aliphatic carbocycles. The summed E-state index contributed by atoms with van der Waals surface area (Å²) in [7, 11) is 1.95. The molecule has 0 spiro atoms. The number of halogens is 3. The Morgan fingerprint density at radius 1 is 1.10 bits per heavy atom. The molecular formula is C19H19F3N4O3. The molecule has 1 fully saturated rings. The van der Waals surface area contributed by atoms with Crippen molar-refractivity contribution >= 4 is 23.0 Å². The van der Waals surface area contributed by atoms with E-state index >= 15 is 0 Å². The van der Waals surface area contributed by atoms with Gasteiger partial charge in [-0.25, -0.2) is 0 Å². The number of anilines is 2. The number of alkyl halides is 3. The molecule has 29 heavy (non-hydrogen) atoms. The minimum Gasteiger partial charge on any atom is -0.367 e. The zero-order valence-electron chi connectivity index (χ0n) is 15.6. The summed E-state index contributed by atoms with van der Waals surface area (Å²) in [5.74, 6) is -0.719. The fourth-order valence-corrected chi connectivity index (χ4v) is 3.09. The molecule has 0 aromatic heterocycles. The molecule has 7 nitrogen and oxygen atoms in total. The van der Waals surface area contributed by atoms with Gasteiger partial charge in [-0.1, -0.05) is 6.07 Å². The molecular weight excluding hydrogens is 389 g/mol. The lowest BCUT2D eigenvalue weighted by Crippen LogP contribution is -2.44. The molecule has 2 aromatic rings. The summed E-state index contributed by atoms with van der Waals surface area (Å²) in [6, 6.07) is 8.25. The van der Waals surface area contributed by atoms with Gasteiger partial charge in [-0.2, -0.15) is 13.2 Å². The van der Waals surface area contributed by atoms with Crippen LogP contribution in [-0.4, -0.2) is 49.0 Å². The van der Waals surface area contributed by atoms with Crippen molar-refractivity contribution in [1.29, 1.82) is 0 Å². The van der Waals surface area contributed by atoms with Gasteiger partial charge < -0.3 is 15.1 Å². The largest absolute Gasteiger partial charge is 0.416 e. The number of piperazine rings is 1. The van der Waals surface area contributed by atoms with Crippen LogP contribution in [0.2, 0.25) is 0 Å². The highest BCUT2D eigenvalue weighted by atomic mass is 19.4. The third kappa shape index (κ3) is 4.83. The Morgan fingerprint density at radius 2 is 1.79 bits per heavy atom. The van der Waals surface area contributed by atoms with Crippen molar-refractivity contribution in [3.8, 4) is 0 Å². The number of nitrogens with one attached hydrogen (secondary N) is 1. The summed E-state index contributed by atoms with van der Waals surface area (Å²) in [5.41, 5.74) is -0.683. The normalized spacial score (nSPS) is 15.2. The number of likely N-dealkylation sites (N-methyl/N-ethyl adjacent to an activating group) is 1. The summed E-state index contributed by atoms with van der Waals surface area (Å²) >= 11 is 0. The van der Waals surface area contributed by atoms with Crippen LogP contribution in [0.3, 0.4) is 0 Å². The number of amides is 1. The molecule has 10 heteroatoms. The van der Waals surface area contributed by atoms with Crippen molar-refractivity contribution in [2.75, 3.05) is 43.4 Å². The Kier molecular flexibility index (Phi) is 5.73. The predicted molar refractivity (Wildman–Crippen MR) is 102 cm³/mol. The number of carbonyl (C=O) groups is 1. The number of nitro benzene ring substituents is 1. The Bertz CT molecular complexity index is 925. The van der Waals surface area contributed by atoms with Crippen LogP contribution in [0.25, 0.3) is 0 Å². The number of nitro groups is 1. The van der Waals surface area contributed by atoms with E-state index in [0.29, 0.717) is 18.8 Å². The molecule has 154 valence electrons. The second-order valence-corrected chi connectivity index (χ2v) is 6.78. The number of carbonyl (C=O) groups excluding carboxylic acids is 1. The zero-order valence-corrected chi connectivity index (χ0v) is 15.6. The number of hydrogen-bond acceptors (Lipinski definition) is 5. The van der Waals surface area contributed by atoms with E-state index in [2.05, 4.69) is 10.2 Å². The van der Waals surface area contributed by atoms with Crippen LogP contribution in [0.4, 0.5) is 30.2 Å². The van der Waals surface area contributed by atoms with Crippen molar-refractivity contribution in [1.82, 2.24) is 4.90 Å². The van der Waals surface area contributed by atoms with E-state index in [1.54, 1.807) is 0 Å². The molecule has 0 bridgehead atoms. The summed E-state index contributed by atoms with van der Waals surface area (Å²) in [6.07, 6.45) is -4.56. The number of rotatable bonds is 4. The molecule has 0 radical (unpaired) electrons. The third-order valence-electron chi connectivity index (χ3n) is 4.74. The van der Waals surface area contributed by atoms with E-state index in [-0.39, 0.29) is 16.9 Å². The Hall–Kier alpha value is -3.14. The molecule has 2 aromatic carbocycles. The van der Waals surface area contributed by atoms with Crippen LogP contribution in [0, 0.1) is 10.1 Å². The van der Waals surface area contributed by atoms with E-state index in [1.807, 2.05) is 11.9 Å². The molecule has 1 heterocycles. The Labute approximate surface area is 164 Å². The summed E-state index contributed by atoms with van der Waals surface area (Å²) in [6.45, 7) is 2.67. The third-order valence-corrected chi connectivity index (χ3v) is 4.74. The van der Waals surface area contributed by atoms with Crippen LogP contribution in [0.5, 0.6) is 0 Å². The highest BCUT2D eigenvalue weighted by Crippen LogP contribution is 2.36. The highest BCUT2D eigenvalue weighted by Gasteiger charge is 2.32. The minimum atomic E-state index is -4.56. The standard InChI is InChI=1S/C19H19F3N4O3/c1-24-7-9-25(10-8-24)17-6-5-14(19(20,21)22)12-16(17)23-18(27)13-3-2-4-15(11-13)26(28)29/h2-6,11-12H,7-10H2,1H3,(H,23,27). The predicted octanol–water partition coefficient (Wildman–Crippen LogP) is 3.62. The monoisotopic (exact) mass is 408 g/mol. The molecule has 1 amide bonds. The molecule has 1 saturated heterocycles. The Balaban J connectivity index is 1.93. The first-order valence-electron chi connectivity index (χ1n) is 8.85. The van der Waals surface area contributed by atoms with E-state index in [0.717, 1.165) is 31.3 Å². The van der Waals surface area contributed by atoms with E-state index < -0.39 is 22.6 Å². The highest BCUT2D eigenvalue weighted by molar-refractivity contribution is 6.06. The van der Waals surface area contributed by atoms with E-state index in [1.165, 1.54) is 24.3 Å². The van der Waals surface area contributed by atoms with Gasteiger partial charge in [0.25, 0.3) is 11.6 Å². The van der Waals surface area contributed by atoms with Gasteiger partial charge in [-0.05, 0) is 31.3 Å².